The molecule has 1 aliphatic heterocycles. The minimum Gasteiger partial charge on any atom is -0.481 e. The summed E-state index contributed by atoms with van der Waals surface area (Å²) in [5.41, 5.74) is 2.12. The molecule has 2 aromatic heterocycles. The second kappa shape index (κ2) is 13.8. The van der Waals surface area contributed by atoms with Gasteiger partial charge in [0.25, 0.3) is 0 Å². The molecule has 10 heteroatoms. The molecule has 1 saturated heterocycles. The van der Waals surface area contributed by atoms with Crippen molar-refractivity contribution in [2.24, 2.45) is 0 Å². The van der Waals surface area contributed by atoms with Crippen molar-refractivity contribution in [3.63, 3.8) is 0 Å². The number of anilines is 1. The number of aromatic nitrogens is 2. The van der Waals surface area contributed by atoms with E-state index in [1.165, 1.54) is 6.08 Å². The number of benzene rings is 1. The van der Waals surface area contributed by atoms with E-state index < -0.39 is 12.1 Å². The van der Waals surface area contributed by atoms with Gasteiger partial charge in [-0.1, -0.05) is 18.2 Å². The summed E-state index contributed by atoms with van der Waals surface area (Å²) in [4.78, 5) is 34.9. The number of carbonyl (C=O) groups is 2. The number of hydrogen-bond donors (Lipinski definition) is 3. The number of aliphatic hydroxyl groups is 1. The maximum Gasteiger partial charge on any atom is 0.330 e. The Bertz CT molecular complexity index is 1290. The Morgan fingerprint density at radius 2 is 2.00 bits per heavy atom. The Balaban J connectivity index is 1.35. The van der Waals surface area contributed by atoms with Crippen molar-refractivity contribution in [1.29, 1.82) is 0 Å². The van der Waals surface area contributed by atoms with Crippen molar-refractivity contribution in [1.82, 2.24) is 20.2 Å². The van der Waals surface area contributed by atoms with Crippen LogP contribution in [0.15, 0.2) is 54.7 Å². The Morgan fingerprint density at radius 1 is 1.18 bits per heavy atom. The SMILES string of the molecule is CCOC(=O)/C=C/c1ccc(C(O)CN2CCC(NCC(=O)Nc3ccccn3)CC2)c2nc(OC)ccc12. The van der Waals surface area contributed by atoms with Crippen molar-refractivity contribution in [2.75, 3.05) is 45.2 Å². The zero-order chi connectivity index (χ0) is 27.6. The summed E-state index contributed by atoms with van der Waals surface area (Å²) in [6, 6.07) is 13.0. The molecular weight excluding hydrogens is 498 g/mol. The summed E-state index contributed by atoms with van der Waals surface area (Å²) in [5.74, 6) is 0.446. The van der Waals surface area contributed by atoms with E-state index in [4.69, 9.17) is 9.47 Å². The molecule has 206 valence electrons. The summed E-state index contributed by atoms with van der Waals surface area (Å²) < 4.78 is 10.3. The van der Waals surface area contributed by atoms with E-state index in [2.05, 4.69) is 25.5 Å². The monoisotopic (exact) mass is 533 g/mol. The van der Waals surface area contributed by atoms with Crippen LogP contribution < -0.4 is 15.4 Å². The summed E-state index contributed by atoms with van der Waals surface area (Å²) >= 11 is 0. The predicted octanol–water partition coefficient (Wildman–Crippen LogP) is 2.94. The number of β-amino-alcohol motifs (C(OH)–C–C–N with tert-alkyl or cyclic N) is 1. The molecule has 0 bridgehead atoms. The molecule has 3 N–H and O–H groups in total. The van der Waals surface area contributed by atoms with Gasteiger partial charge in [0.05, 0.1) is 31.9 Å². The van der Waals surface area contributed by atoms with Gasteiger partial charge < -0.3 is 30.1 Å². The van der Waals surface area contributed by atoms with Crippen LogP contribution in [0.5, 0.6) is 5.88 Å². The maximum atomic E-state index is 12.2. The number of piperidine rings is 1. The third kappa shape index (κ3) is 7.82. The van der Waals surface area contributed by atoms with Gasteiger partial charge in [0, 0.05) is 41.9 Å². The number of pyridine rings is 2. The lowest BCUT2D eigenvalue weighted by Crippen LogP contribution is -2.45. The van der Waals surface area contributed by atoms with Crippen LogP contribution in [0, 0.1) is 0 Å². The van der Waals surface area contributed by atoms with Gasteiger partial charge in [-0.2, -0.15) is 0 Å². The lowest BCUT2D eigenvalue weighted by Gasteiger charge is -2.33. The Kier molecular flexibility index (Phi) is 9.96. The highest BCUT2D eigenvalue weighted by Crippen LogP contribution is 2.29. The molecular formula is C29H35N5O5. The number of esters is 1. The van der Waals surface area contributed by atoms with Crippen LogP contribution in [0.1, 0.15) is 37.0 Å². The molecule has 1 unspecified atom stereocenters. The van der Waals surface area contributed by atoms with Gasteiger partial charge in [-0.25, -0.2) is 14.8 Å². The molecule has 0 saturated carbocycles. The third-order valence-corrected chi connectivity index (χ3v) is 6.65. The fraction of sp³-hybridized carbons (Fsp3) is 0.379. The first kappa shape index (κ1) is 28.2. The number of likely N-dealkylation sites (tertiary alicyclic amines) is 1. The average molecular weight is 534 g/mol. The first-order valence-corrected chi connectivity index (χ1v) is 13.1. The fourth-order valence-electron chi connectivity index (χ4n) is 4.64. The number of carbonyl (C=O) groups excluding carboxylic acids is 2. The number of fused-ring (bicyclic) bond motifs is 1. The van der Waals surface area contributed by atoms with Crippen molar-refractivity contribution in [3.8, 4) is 5.88 Å². The van der Waals surface area contributed by atoms with E-state index >= 15 is 0 Å². The van der Waals surface area contributed by atoms with Crippen LogP contribution in [0.4, 0.5) is 5.82 Å². The smallest absolute Gasteiger partial charge is 0.330 e. The molecule has 1 aromatic carbocycles. The van der Waals surface area contributed by atoms with Gasteiger partial charge in [0.15, 0.2) is 0 Å². The van der Waals surface area contributed by atoms with E-state index in [0.29, 0.717) is 35.9 Å². The second-order valence-electron chi connectivity index (χ2n) is 9.31. The zero-order valence-corrected chi connectivity index (χ0v) is 22.3. The van der Waals surface area contributed by atoms with Crippen LogP contribution in [0.2, 0.25) is 0 Å². The van der Waals surface area contributed by atoms with Gasteiger partial charge in [-0.3, -0.25) is 4.79 Å². The van der Waals surface area contributed by atoms with E-state index in [-0.39, 0.29) is 18.5 Å². The number of methoxy groups -OCH3 is 1. The first-order valence-electron chi connectivity index (χ1n) is 13.1. The van der Waals surface area contributed by atoms with Crippen molar-refractivity contribution < 1.29 is 24.2 Å². The molecule has 1 aliphatic rings. The third-order valence-electron chi connectivity index (χ3n) is 6.65. The highest BCUT2D eigenvalue weighted by atomic mass is 16.5. The predicted molar refractivity (Wildman–Crippen MR) is 149 cm³/mol. The van der Waals surface area contributed by atoms with E-state index in [1.54, 1.807) is 44.5 Å². The highest BCUT2D eigenvalue weighted by Gasteiger charge is 2.23. The van der Waals surface area contributed by atoms with Crippen LogP contribution >= 0.6 is 0 Å². The van der Waals surface area contributed by atoms with E-state index in [9.17, 15) is 14.7 Å². The molecule has 0 aliphatic carbocycles. The molecule has 1 fully saturated rings. The lowest BCUT2D eigenvalue weighted by atomic mass is 9.98. The number of aliphatic hydroxyl groups excluding tert-OH is 1. The first-order chi connectivity index (χ1) is 19.0. The molecule has 1 amide bonds. The number of hydrogen-bond acceptors (Lipinski definition) is 9. The second-order valence-corrected chi connectivity index (χ2v) is 9.31. The standard InChI is InChI=1S/C29H35N5O5/c1-3-39-28(37)12-8-20-7-9-23(29-22(20)10-11-27(33-29)38-2)24(35)19-34-16-13-21(14-17-34)31-18-26(36)32-25-6-4-5-15-30-25/h4-12,15,21,24,31,35H,3,13-14,16-19H2,1-2H3,(H,30,32,36)/b12-8+. The maximum absolute atomic E-state index is 12.2. The molecule has 0 spiro atoms. The Hall–Kier alpha value is -3.86. The molecule has 4 rings (SSSR count). The lowest BCUT2D eigenvalue weighted by molar-refractivity contribution is -0.137. The van der Waals surface area contributed by atoms with Crippen LogP contribution in [-0.4, -0.2) is 77.8 Å². The molecule has 3 heterocycles. The van der Waals surface area contributed by atoms with Crippen LogP contribution in [0.3, 0.4) is 0 Å². The summed E-state index contributed by atoms with van der Waals surface area (Å²) in [6.07, 6.45) is 5.70. The number of nitrogens with one attached hydrogen (secondary N) is 2. The van der Waals surface area contributed by atoms with E-state index in [0.717, 1.165) is 36.9 Å². The molecule has 0 radical (unpaired) electrons. The van der Waals surface area contributed by atoms with Gasteiger partial charge in [-0.15, -0.1) is 0 Å². The molecule has 1 atom stereocenters. The number of ether oxygens (including phenoxy) is 2. The largest absolute Gasteiger partial charge is 0.481 e. The number of amides is 1. The highest BCUT2D eigenvalue weighted by molar-refractivity contribution is 5.95. The normalized spacial score (nSPS) is 15.4. The van der Waals surface area contributed by atoms with Gasteiger partial charge in [-0.05, 0) is 62.7 Å². The fourth-order valence-corrected chi connectivity index (χ4v) is 4.64. The van der Waals surface area contributed by atoms with Crippen molar-refractivity contribution >= 4 is 34.7 Å². The Labute approximate surface area is 228 Å². The minimum atomic E-state index is -0.760. The zero-order valence-electron chi connectivity index (χ0n) is 22.3. The molecule has 39 heavy (non-hydrogen) atoms. The molecule has 10 nitrogen and oxygen atoms in total. The minimum absolute atomic E-state index is 0.123. The average Bonchev–Trinajstić information content (AvgIpc) is 2.95. The summed E-state index contributed by atoms with van der Waals surface area (Å²) in [6.45, 7) is 4.34. The van der Waals surface area contributed by atoms with Gasteiger partial charge in [0.1, 0.15) is 5.82 Å². The number of rotatable bonds is 11. The van der Waals surface area contributed by atoms with Gasteiger partial charge >= 0.3 is 5.97 Å². The van der Waals surface area contributed by atoms with E-state index in [1.807, 2.05) is 24.3 Å². The molecule has 3 aromatic rings. The topological polar surface area (TPSA) is 126 Å². The summed E-state index contributed by atoms with van der Waals surface area (Å²) in [7, 11) is 1.55. The van der Waals surface area contributed by atoms with Crippen LogP contribution in [0.25, 0.3) is 17.0 Å². The van der Waals surface area contributed by atoms with Gasteiger partial charge in [0.2, 0.25) is 11.8 Å². The van der Waals surface area contributed by atoms with Crippen molar-refractivity contribution in [3.05, 3.63) is 65.9 Å². The van der Waals surface area contributed by atoms with Crippen LogP contribution in [-0.2, 0) is 14.3 Å². The summed E-state index contributed by atoms with van der Waals surface area (Å²) in [5, 5.41) is 18.1. The number of nitrogens with zero attached hydrogens (tertiary/aromatic N) is 3. The Morgan fingerprint density at radius 3 is 2.72 bits per heavy atom. The van der Waals surface area contributed by atoms with Crippen molar-refractivity contribution in [2.45, 2.75) is 31.9 Å². The quantitative estimate of drug-likeness (QED) is 0.252.